The summed E-state index contributed by atoms with van der Waals surface area (Å²) in [6.07, 6.45) is -0.235. The molecule has 3 unspecified atom stereocenters. The van der Waals surface area contributed by atoms with Crippen molar-refractivity contribution in [2.75, 3.05) is 6.61 Å². The number of nitrogens with one attached hydrogen (secondary N) is 3. The van der Waals surface area contributed by atoms with Crippen LogP contribution in [-0.2, 0) is 4.79 Å². The van der Waals surface area contributed by atoms with Gasteiger partial charge in [-0.1, -0.05) is 29.8 Å². The molecule has 3 N–H and O–H groups in total. The summed E-state index contributed by atoms with van der Waals surface area (Å²) in [4.78, 5) is 12.2. The summed E-state index contributed by atoms with van der Waals surface area (Å²) in [6.45, 7) is 3.99. The van der Waals surface area contributed by atoms with Gasteiger partial charge in [0.15, 0.2) is 6.61 Å². The second kappa shape index (κ2) is 7.63. The van der Waals surface area contributed by atoms with Gasteiger partial charge in [0, 0.05) is 12.0 Å². The van der Waals surface area contributed by atoms with E-state index in [2.05, 4.69) is 35.2 Å². The van der Waals surface area contributed by atoms with Crippen LogP contribution in [0.5, 0.6) is 5.75 Å². The quantitative estimate of drug-likeness (QED) is 0.779. The zero-order chi connectivity index (χ0) is 17.8. The van der Waals surface area contributed by atoms with Crippen LogP contribution in [0, 0.1) is 12.7 Å². The molecular weight excluding hydrogens is 321 g/mol. The predicted octanol–water partition coefficient (Wildman–Crippen LogP) is 2.24. The van der Waals surface area contributed by atoms with Gasteiger partial charge in [0.05, 0.1) is 0 Å². The van der Waals surface area contributed by atoms with Gasteiger partial charge in [-0.05, 0) is 43.7 Å². The van der Waals surface area contributed by atoms with Crippen molar-refractivity contribution in [3.05, 3.63) is 65.5 Å². The lowest BCUT2D eigenvalue weighted by atomic mass is 9.90. The van der Waals surface area contributed by atoms with Gasteiger partial charge in [0.1, 0.15) is 17.7 Å². The molecule has 5 nitrogen and oxygen atoms in total. The molecule has 1 aliphatic heterocycles. The Morgan fingerprint density at radius 2 is 1.96 bits per heavy atom. The molecule has 0 aliphatic carbocycles. The van der Waals surface area contributed by atoms with Crippen LogP contribution >= 0.6 is 0 Å². The first kappa shape index (κ1) is 17.4. The van der Waals surface area contributed by atoms with E-state index in [1.54, 1.807) is 0 Å². The van der Waals surface area contributed by atoms with E-state index in [9.17, 15) is 9.18 Å². The third kappa shape index (κ3) is 4.35. The summed E-state index contributed by atoms with van der Waals surface area (Å²) in [7, 11) is 0. The number of carbonyl (C=O) groups excluding carboxylic acids is 1. The van der Waals surface area contributed by atoms with Crippen molar-refractivity contribution in [1.29, 1.82) is 0 Å². The molecule has 0 aromatic heterocycles. The molecule has 2 aromatic rings. The first-order chi connectivity index (χ1) is 12.0. The summed E-state index contributed by atoms with van der Waals surface area (Å²) >= 11 is 0. The molecule has 132 valence electrons. The van der Waals surface area contributed by atoms with Crippen LogP contribution in [0.3, 0.4) is 0 Å². The average molecular weight is 343 g/mol. The van der Waals surface area contributed by atoms with E-state index < -0.39 is 0 Å². The van der Waals surface area contributed by atoms with Crippen molar-refractivity contribution in [3.63, 3.8) is 0 Å². The van der Waals surface area contributed by atoms with E-state index in [4.69, 9.17) is 4.74 Å². The summed E-state index contributed by atoms with van der Waals surface area (Å²) in [5, 5.41) is 2.95. The van der Waals surface area contributed by atoms with E-state index in [0.29, 0.717) is 5.75 Å². The maximum Gasteiger partial charge on any atom is 0.259 e. The minimum atomic E-state index is -0.340. The van der Waals surface area contributed by atoms with Gasteiger partial charge >= 0.3 is 0 Å². The summed E-state index contributed by atoms with van der Waals surface area (Å²) < 4.78 is 18.3. The summed E-state index contributed by atoms with van der Waals surface area (Å²) in [6, 6.07) is 14.0. The van der Waals surface area contributed by atoms with Crippen LogP contribution in [0.25, 0.3) is 0 Å². The number of carbonyl (C=O) groups is 1. The van der Waals surface area contributed by atoms with E-state index in [1.165, 1.54) is 29.8 Å². The van der Waals surface area contributed by atoms with Crippen molar-refractivity contribution in [2.45, 2.75) is 32.0 Å². The fraction of sp³-hybridized carbons (Fsp3) is 0.316. The van der Waals surface area contributed by atoms with E-state index in [0.717, 1.165) is 5.56 Å². The van der Waals surface area contributed by atoms with Gasteiger partial charge in [0.25, 0.3) is 5.91 Å². The second-order valence-corrected chi connectivity index (χ2v) is 6.31. The van der Waals surface area contributed by atoms with E-state index in [-0.39, 0.29) is 36.5 Å². The van der Waals surface area contributed by atoms with Gasteiger partial charge < -0.3 is 10.1 Å². The van der Waals surface area contributed by atoms with Gasteiger partial charge in [-0.15, -0.1) is 0 Å². The fourth-order valence-corrected chi connectivity index (χ4v) is 3.07. The standard InChI is InChI=1S/C19H22FN3O2/c1-12-4-3-5-14(10-12)18-13(2)22-23-19(18)21-17(24)11-25-16-8-6-15(20)7-9-16/h3-10,13,18-19,22-23H,11H2,1-2H3,(H,21,24). The van der Waals surface area contributed by atoms with Crippen LogP contribution in [0.2, 0.25) is 0 Å². The highest BCUT2D eigenvalue weighted by atomic mass is 19.1. The Kier molecular flexibility index (Phi) is 5.31. The molecule has 25 heavy (non-hydrogen) atoms. The van der Waals surface area contributed by atoms with Crippen LogP contribution < -0.4 is 20.9 Å². The van der Waals surface area contributed by atoms with Crippen molar-refractivity contribution < 1.29 is 13.9 Å². The number of amides is 1. The minimum Gasteiger partial charge on any atom is -0.484 e. The molecule has 0 saturated carbocycles. The largest absolute Gasteiger partial charge is 0.484 e. The number of hydrogen-bond acceptors (Lipinski definition) is 4. The smallest absolute Gasteiger partial charge is 0.259 e. The van der Waals surface area contributed by atoms with Crippen LogP contribution in [0.1, 0.15) is 24.0 Å². The topological polar surface area (TPSA) is 62.4 Å². The molecule has 0 radical (unpaired) electrons. The highest BCUT2D eigenvalue weighted by molar-refractivity contribution is 5.78. The predicted molar refractivity (Wildman–Crippen MR) is 93.5 cm³/mol. The van der Waals surface area contributed by atoms with Crippen LogP contribution in [0.15, 0.2) is 48.5 Å². The highest BCUT2D eigenvalue weighted by Crippen LogP contribution is 2.26. The van der Waals surface area contributed by atoms with Crippen molar-refractivity contribution in [1.82, 2.24) is 16.2 Å². The maximum atomic E-state index is 12.9. The normalized spacial score (nSPS) is 22.6. The van der Waals surface area contributed by atoms with Gasteiger partial charge in [-0.3, -0.25) is 10.2 Å². The number of rotatable bonds is 5. The molecule has 3 atom stereocenters. The summed E-state index contributed by atoms with van der Waals surface area (Å²) in [5.41, 5.74) is 8.64. The monoisotopic (exact) mass is 343 g/mol. The van der Waals surface area contributed by atoms with Crippen molar-refractivity contribution >= 4 is 5.91 Å². The van der Waals surface area contributed by atoms with Gasteiger partial charge in [0.2, 0.25) is 0 Å². The SMILES string of the molecule is Cc1cccc(C2C(C)NNC2NC(=O)COc2ccc(F)cc2)c1. The van der Waals surface area contributed by atoms with E-state index >= 15 is 0 Å². The molecule has 1 heterocycles. The number of halogens is 1. The Morgan fingerprint density at radius 3 is 2.68 bits per heavy atom. The first-order valence-corrected chi connectivity index (χ1v) is 8.28. The number of benzene rings is 2. The molecule has 2 aromatic carbocycles. The lowest BCUT2D eigenvalue weighted by Crippen LogP contribution is -2.47. The average Bonchev–Trinajstić information content (AvgIpc) is 2.94. The lowest BCUT2D eigenvalue weighted by Gasteiger charge is -2.23. The first-order valence-electron chi connectivity index (χ1n) is 8.28. The second-order valence-electron chi connectivity index (χ2n) is 6.31. The van der Waals surface area contributed by atoms with Gasteiger partial charge in [-0.25, -0.2) is 9.82 Å². The van der Waals surface area contributed by atoms with Crippen molar-refractivity contribution in [3.8, 4) is 5.75 Å². The Hall–Kier alpha value is -2.44. The molecule has 1 amide bonds. The third-order valence-electron chi connectivity index (χ3n) is 4.29. The molecule has 0 spiro atoms. The van der Waals surface area contributed by atoms with E-state index in [1.807, 2.05) is 19.1 Å². The lowest BCUT2D eigenvalue weighted by molar-refractivity contribution is -0.124. The minimum absolute atomic E-state index is 0.106. The molecule has 3 rings (SSSR count). The molecule has 1 fully saturated rings. The van der Waals surface area contributed by atoms with Crippen LogP contribution in [0.4, 0.5) is 4.39 Å². The number of hydrogen-bond donors (Lipinski definition) is 3. The molecule has 0 bridgehead atoms. The zero-order valence-corrected chi connectivity index (χ0v) is 14.3. The fourth-order valence-electron chi connectivity index (χ4n) is 3.07. The number of ether oxygens (including phenoxy) is 1. The Labute approximate surface area is 146 Å². The highest BCUT2D eigenvalue weighted by Gasteiger charge is 2.35. The summed E-state index contributed by atoms with van der Waals surface area (Å²) in [5.74, 6) is -0.0178. The zero-order valence-electron chi connectivity index (χ0n) is 14.3. The molecular formula is C19H22FN3O2. The molecule has 1 aliphatic rings. The van der Waals surface area contributed by atoms with Crippen LogP contribution in [-0.4, -0.2) is 24.7 Å². The Bertz CT molecular complexity index is 736. The Balaban J connectivity index is 1.60. The van der Waals surface area contributed by atoms with Gasteiger partial charge in [-0.2, -0.15) is 0 Å². The number of hydrazine groups is 1. The third-order valence-corrected chi connectivity index (χ3v) is 4.29. The molecule has 1 saturated heterocycles. The maximum absolute atomic E-state index is 12.9. The van der Waals surface area contributed by atoms with Crippen molar-refractivity contribution in [2.24, 2.45) is 0 Å². The number of aryl methyl sites for hydroxylation is 1. The molecule has 6 heteroatoms. The Morgan fingerprint density at radius 1 is 1.20 bits per heavy atom.